The first-order valence-electron chi connectivity index (χ1n) is 9.35. The molecule has 2 amide bonds. The lowest BCUT2D eigenvalue weighted by molar-refractivity contribution is -0.148. The van der Waals surface area contributed by atoms with E-state index in [0.717, 1.165) is 11.3 Å². The van der Waals surface area contributed by atoms with Crippen LogP contribution in [0.3, 0.4) is 0 Å². The summed E-state index contributed by atoms with van der Waals surface area (Å²) in [5.41, 5.74) is 1.77. The Bertz CT molecular complexity index is 866. The molecule has 0 aliphatic carbocycles. The van der Waals surface area contributed by atoms with Gasteiger partial charge in [-0.2, -0.15) is 0 Å². The summed E-state index contributed by atoms with van der Waals surface area (Å²) in [4.78, 5) is 40.5. The smallest absolute Gasteiger partial charge is 0.290 e. The van der Waals surface area contributed by atoms with Crippen molar-refractivity contribution in [3.8, 4) is 5.75 Å². The van der Waals surface area contributed by atoms with E-state index in [0.29, 0.717) is 18.7 Å². The molecular formula is C22H24N2O4. The highest BCUT2D eigenvalue weighted by atomic mass is 16.5. The minimum absolute atomic E-state index is 0.112. The number of hydrogen-bond acceptors (Lipinski definition) is 4. The molecule has 0 spiro atoms. The van der Waals surface area contributed by atoms with Gasteiger partial charge in [0.15, 0.2) is 0 Å². The van der Waals surface area contributed by atoms with E-state index in [1.807, 2.05) is 48.5 Å². The summed E-state index contributed by atoms with van der Waals surface area (Å²) in [7, 11) is 1.58. The summed E-state index contributed by atoms with van der Waals surface area (Å²) in [5, 5.41) is 0. The zero-order valence-electron chi connectivity index (χ0n) is 16.1. The summed E-state index contributed by atoms with van der Waals surface area (Å²) < 4.78 is 5.26. The summed E-state index contributed by atoms with van der Waals surface area (Å²) in [5.74, 6) is -0.609. The van der Waals surface area contributed by atoms with E-state index in [2.05, 4.69) is 0 Å². The van der Waals surface area contributed by atoms with Crippen LogP contribution in [-0.2, 0) is 20.8 Å². The maximum Gasteiger partial charge on any atom is 0.290 e. The van der Waals surface area contributed by atoms with E-state index in [-0.39, 0.29) is 24.9 Å². The molecule has 0 radical (unpaired) electrons. The van der Waals surface area contributed by atoms with Gasteiger partial charge in [-0.3, -0.25) is 14.4 Å². The molecule has 146 valence electrons. The van der Waals surface area contributed by atoms with E-state index < -0.39 is 11.7 Å². The monoisotopic (exact) mass is 380 g/mol. The van der Waals surface area contributed by atoms with E-state index in [4.69, 9.17) is 4.74 Å². The van der Waals surface area contributed by atoms with Crippen molar-refractivity contribution in [2.24, 2.45) is 0 Å². The van der Waals surface area contributed by atoms with Crippen LogP contribution in [0.2, 0.25) is 0 Å². The summed E-state index contributed by atoms with van der Waals surface area (Å²) in [6.45, 7) is 1.86. The van der Waals surface area contributed by atoms with Gasteiger partial charge in [0, 0.05) is 24.7 Å². The SMILES string of the molecule is CCC(=O)C(=O)N1CC(=O)N(c2cccc(OC)c2)CC1Cc1ccccc1. The lowest BCUT2D eigenvalue weighted by Crippen LogP contribution is -2.60. The van der Waals surface area contributed by atoms with Gasteiger partial charge in [0.25, 0.3) is 5.91 Å². The first kappa shape index (κ1) is 19.6. The Labute approximate surface area is 164 Å². The fourth-order valence-corrected chi connectivity index (χ4v) is 3.41. The molecule has 3 rings (SSSR count). The predicted octanol–water partition coefficient (Wildman–Crippen LogP) is 2.46. The molecule has 1 aliphatic rings. The number of ketones is 1. The normalized spacial score (nSPS) is 16.8. The third kappa shape index (κ3) is 4.22. The number of anilines is 1. The van der Waals surface area contributed by atoms with Gasteiger partial charge in [0.1, 0.15) is 12.3 Å². The fraction of sp³-hybridized carbons (Fsp3) is 0.318. The standard InChI is InChI=1S/C22H24N2O4/c1-3-20(25)22(27)24-15-21(26)23(17-10-7-11-19(13-17)28-2)14-18(24)12-16-8-5-4-6-9-16/h4-11,13,18H,3,12,14-15H2,1-2H3. The molecule has 0 N–H and O–H groups in total. The molecule has 1 atom stereocenters. The molecule has 1 unspecified atom stereocenters. The van der Waals surface area contributed by atoms with Crippen molar-refractivity contribution >= 4 is 23.3 Å². The lowest BCUT2D eigenvalue weighted by Gasteiger charge is -2.41. The van der Waals surface area contributed by atoms with Gasteiger partial charge in [-0.15, -0.1) is 0 Å². The van der Waals surface area contributed by atoms with Crippen molar-refractivity contribution < 1.29 is 19.1 Å². The number of Topliss-reactive ketones (excluding diaryl/α,β-unsaturated/α-hetero) is 1. The van der Waals surface area contributed by atoms with E-state index >= 15 is 0 Å². The molecule has 0 bridgehead atoms. The third-order valence-corrected chi connectivity index (χ3v) is 4.94. The quantitative estimate of drug-likeness (QED) is 0.722. The number of carbonyl (C=O) groups excluding carboxylic acids is 3. The Hall–Kier alpha value is -3.15. The second kappa shape index (κ2) is 8.69. The van der Waals surface area contributed by atoms with Gasteiger partial charge >= 0.3 is 0 Å². The molecule has 1 saturated heterocycles. The molecule has 0 saturated carbocycles. The highest BCUT2D eigenvalue weighted by Gasteiger charge is 2.37. The second-order valence-electron chi connectivity index (χ2n) is 6.76. The number of amides is 2. The van der Waals surface area contributed by atoms with Crippen molar-refractivity contribution in [3.05, 3.63) is 60.2 Å². The maximum atomic E-state index is 12.8. The summed E-state index contributed by atoms with van der Waals surface area (Å²) >= 11 is 0. The highest BCUT2D eigenvalue weighted by molar-refractivity contribution is 6.36. The third-order valence-electron chi connectivity index (χ3n) is 4.94. The number of rotatable bonds is 6. The van der Waals surface area contributed by atoms with E-state index in [9.17, 15) is 14.4 Å². The van der Waals surface area contributed by atoms with Crippen LogP contribution in [0.15, 0.2) is 54.6 Å². The predicted molar refractivity (Wildman–Crippen MR) is 106 cm³/mol. The van der Waals surface area contributed by atoms with Crippen molar-refractivity contribution in [1.29, 1.82) is 0 Å². The van der Waals surface area contributed by atoms with Gasteiger partial charge in [0.05, 0.1) is 13.2 Å². The Morgan fingerprint density at radius 3 is 2.54 bits per heavy atom. The van der Waals surface area contributed by atoms with Crippen LogP contribution in [-0.4, -0.2) is 48.7 Å². The summed E-state index contributed by atoms with van der Waals surface area (Å²) in [6.07, 6.45) is 0.693. The van der Waals surface area contributed by atoms with Crippen molar-refractivity contribution in [3.63, 3.8) is 0 Å². The van der Waals surface area contributed by atoms with Crippen LogP contribution in [0.4, 0.5) is 5.69 Å². The molecule has 2 aromatic rings. The first-order valence-corrected chi connectivity index (χ1v) is 9.35. The topological polar surface area (TPSA) is 66.9 Å². The average molecular weight is 380 g/mol. The van der Waals surface area contributed by atoms with Gasteiger partial charge in [-0.25, -0.2) is 0 Å². The van der Waals surface area contributed by atoms with Gasteiger partial charge in [-0.1, -0.05) is 43.3 Å². The lowest BCUT2D eigenvalue weighted by atomic mass is 10.0. The first-order chi connectivity index (χ1) is 13.5. The number of benzene rings is 2. The number of carbonyl (C=O) groups is 3. The van der Waals surface area contributed by atoms with Crippen molar-refractivity contribution in [2.75, 3.05) is 25.1 Å². The van der Waals surface area contributed by atoms with Crippen LogP contribution in [0.25, 0.3) is 0 Å². The Kier molecular flexibility index (Phi) is 6.09. The zero-order valence-corrected chi connectivity index (χ0v) is 16.1. The molecule has 28 heavy (non-hydrogen) atoms. The Morgan fingerprint density at radius 2 is 1.86 bits per heavy atom. The van der Waals surface area contributed by atoms with E-state index in [1.165, 1.54) is 4.90 Å². The van der Waals surface area contributed by atoms with Gasteiger partial charge in [0.2, 0.25) is 11.7 Å². The van der Waals surface area contributed by atoms with Crippen LogP contribution >= 0.6 is 0 Å². The summed E-state index contributed by atoms with van der Waals surface area (Å²) in [6, 6.07) is 16.8. The molecule has 6 nitrogen and oxygen atoms in total. The van der Waals surface area contributed by atoms with Crippen molar-refractivity contribution in [2.45, 2.75) is 25.8 Å². The highest BCUT2D eigenvalue weighted by Crippen LogP contribution is 2.26. The molecule has 2 aromatic carbocycles. The average Bonchev–Trinajstić information content (AvgIpc) is 2.74. The number of nitrogens with zero attached hydrogens (tertiary/aromatic N) is 2. The van der Waals surface area contributed by atoms with E-state index in [1.54, 1.807) is 25.0 Å². The number of methoxy groups -OCH3 is 1. The van der Waals surface area contributed by atoms with Gasteiger partial charge < -0.3 is 14.5 Å². The molecule has 1 aliphatic heterocycles. The minimum Gasteiger partial charge on any atom is -0.497 e. The van der Waals surface area contributed by atoms with Gasteiger partial charge in [-0.05, 0) is 24.1 Å². The molecule has 6 heteroatoms. The van der Waals surface area contributed by atoms with Crippen molar-refractivity contribution in [1.82, 2.24) is 4.90 Å². The largest absolute Gasteiger partial charge is 0.497 e. The second-order valence-corrected chi connectivity index (χ2v) is 6.76. The minimum atomic E-state index is -0.581. The number of hydrogen-bond donors (Lipinski definition) is 0. The van der Waals surface area contributed by atoms with Crippen LogP contribution in [0.1, 0.15) is 18.9 Å². The van der Waals surface area contributed by atoms with Crippen LogP contribution < -0.4 is 9.64 Å². The maximum absolute atomic E-state index is 12.8. The van der Waals surface area contributed by atoms with Crippen LogP contribution in [0, 0.1) is 0 Å². The Morgan fingerprint density at radius 1 is 1.11 bits per heavy atom. The molecule has 1 heterocycles. The van der Waals surface area contributed by atoms with Crippen LogP contribution in [0.5, 0.6) is 5.75 Å². The number of piperazine rings is 1. The zero-order chi connectivity index (χ0) is 20.1. The molecular weight excluding hydrogens is 356 g/mol. The molecule has 1 fully saturated rings. The number of ether oxygens (including phenoxy) is 1. The fourth-order valence-electron chi connectivity index (χ4n) is 3.41. The Balaban J connectivity index is 1.90. The molecule has 0 aromatic heterocycles.